The second-order valence-corrected chi connectivity index (χ2v) is 5.10. The molecule has 82 valence electrons. The van der Waals surface area contributed by atoms with Crippen LogP contribution >= 0.6 is 11.8 Å². The Hall–Kier alpha value is -0.670. The van der Waals surface area contributed by atoms with Crippen LogP contribution in [-0.4, -0.2) is 23.7 Å². The number of benzene rings is 1. The molecule has 1 aromatic rings. The maximum Gasteiger partial charge on any atom is 0.119 e. The Bertz CT molecular complexity index is 353. The number of aliphatic hydroxyl groups is 1. The van der Waals surface area contributed by atoms with Gasteiger partial charge in [0.05, 0.1) is 7.11 Å². The monoisotopic (exact) mass is 224 g/mol. The summed E-state index contributed by atoms with van der Waals surface area (Å²) < 4.78 is 5.18. The molecular formula is C12H16O2S. The summed E-state index contributed by atoms with van der Waals surface area (Å²) in [6, 6.07) is 7.74. The average Bonchev–Trinajstić information content (AvgIpc) is 2.61. The highest BCUT2D eigenvalue weighted by atomic mass is 32.2. The van der Waals surface area contributed by atoms with Crippen LogP contribution in [0.3, 0.4) is 0 Å². The van der Waals surface area contributed by atoms with E-state index >= 15 is 0 Å². The summed E-state index contributed by atoms with van der Waals surface area (Å²) in [6.07, 6.45) is 0. The van der Waals surface area contributed by atoms with Gasteiger partial charge in [-0.2, -0.15) is 11.8 Å². The van der Waals surface area contributed by atoms with E-state index in [9.17, 15) is 5.11 Å². The van der Waals surface area contributed by atoms with Crippen LogP contribution in [-0.2, 0) is 5.60 Å². The lowest BCUT2D eigenvalue weighted by Gasteiger charge is -2.27. The van der Waals surface area contributed by atoms with Crippen molar-refractivity contribution < 1.29 is 9.84 Å². The molecule has 0 aromatic heterocycles. The van der Waals surface area contributed by atoms with Crippen molar-refractivity contribution in [2.24, 2.45) is 5.92 Å². The van der Waals surface area contributed by atoms with Gasteiger partial charge in [-0.3, -0.25) is 0 Å². The fourth-order valence-electron chi connectivity index (χ4n) is 1.93. The van der Waals surface area contributed by atoms with Gasteiger partial charge in [0.15, 0.2) is 0 Å². The summed E-state index contributed by atoms with van der Waals surface area (Å²) in [4.78, 5) is 0. The molecule has 1 fully saturated rings. The Labute approximate surface area is 94.6 Å². The molecular weight excluding hydrogens is 208 g/mol. The maximum absolute atomic E-state index is 10.6. The van der Waals surface area contributed by atoms with Gasteiger partial charge in [-0.05, 0) is 29.4 Å². The topological polar surface area (TPSA) is 29.5 Å². The van der Waals surface area contributed by atoms with Gasteiger partial charge in [-0.15, -0.1) is 0 Å². The number of hydrogen-bond acceptors (Lipinski definition) is 3. The van der Waals surface area contributed by atoms with E-state index in [1.807, 2.05) is 24.3 Å². The lowest BCUT2D eigenvalue weighted by atomic mass is 9.85. The zero-order valence-corrected chi connectivity index (χ0v) is 9.88. The quantitative estimate of drug-likeness (QED) is 0.835. The number of thioether (sulfide) groups is 1. The number of ether oxygens (including phenoxy) is 1. The predicted octanol–water partition coefficient (Wildman–Crippen LogP) is 2.27. The van der Waals surface area contributed by atoms with Crippen LogP contribution in [0.15, 0.2) is 24.3 Å². The molecule has 0 spiro atoms. The third-order valence-electron chi connectivity index (χ3n) is 3.07. The van der Waals surface area contributed by atoms with E-state index in [0.29, 0.717) is 5.92 Å². The van der Waals surface area contributed by atoms with Crippen molar-refractivity contribution in [3.8, 4) is 5.75 Å². The van der Waals surface area contributed by atoms with Crippen molar-refractivity contribution in [2.75, 3.05) is 18.6 Å². The molecule has 2 rings (SSSR count). The maximum atomic E-state index is 10.6. The summed E-state index contributed by atoms with van der Waals surface area (Å²) in [7, 11) is 1.65. The zero-order chi connectivity index (χ0) is 10.9. The second kappa shape index (κ2) is 4.06. The van der Waals surface area contributed by atoms with Gasteiger partial charge in [-0.25, -0.2) is 0 Å². The molecule has 3 heteroatoms. The predicted molar refractivity (Wildman–Crippen MR) is 63.4 cm³/mol. The average molecular weight is 224 g/mol. The molecule has 1 aliphatic heterocycles. The number of hydrogen-bond donors (Lipinski definition) is 1. The van der Waals surface area contributed by atoms with Crippen LogP contribution in [0.1, 0.15) is 12.5 Å². The van der Waals surface area contributed by atoms with Gasteiger partial charge in [0.1, 0.15) is 11.4 Å². The highest BCUT2D eigenvalue weighted by molar-refractivity contribution is 7.99. The van der Waals surface area contributed by atoms with Gasteiger partial charge in [0.2, 0.25) is 0 Å². The molecule has 1 saturated heterocycles. The van der Waals surface area contributed by atoms with E-state index in [-0.39, 0.29) is 0 Å². The molecule has 0 bridgehead atoms. The summed E-state index contributed by atoms with van der Waals surface area (Å²) in [6.45, 7) is 2.10. The molecule has 0 radical (unpaired) electrons. The Kier molecular flexibility index (Phi) is 2.94. The second-order valence-electron chi connectivity index (χ2n) is 4.07. The van der Waals surface area contributed by atoms with Crippen LogP contribution in [0.2, 0.25) is 0 Å². The highest BCUT2D eigenvalue weighted by Crippen LogP contribution is 2.41. The lowest BCUT2D eigenvalue weighted by Crippen LogP contribution is -2.32. The molecule has 1 N–H and O–H groups in total. The molecule has 15 heavy (non-hydrogen) atoms. The first-order valence-corrected chi connectivity index (χ1v) is 6.27. The van der Waals surface area contributed by atoms with Gasteiger partial charge < -0.3 is 9.84 Å². The van der Waals surface area contributed by atoms with Crippen LogP contribution in [0.5, 0.6) is 5.75 Å². The summed E-state index contributed by atoms with van der Waals surface area (Å²) in [5.41, 5.74) is 0.290. The van der Waals surface area contributed by atoms with Crippen molar-refractivity contribution in [2.45, 2.75) is 12.5 Å². The Morgan fingerprint density at radius 2 is 2.33 bits per heavy atom. The molecule has 2 nitrogen and oxygen atoms in total. The van der Waals surface area contributed by atoms with Crippen LogP contribution in [0, 0.1) is 5.92 Å². The van der Waals surface area contributed by atoms with E-state index in [4.69, 9.17) is 4.74 Å². The molecule has 0 saturated carbocycles. The van der Waals surface area contributed by atoms with Crippen LogP contribution in [0.4, 0.5) is 0 Å². The van der Waals surface area contributed by atoms with Crippen molar-refractivity contribution in [1.29, 1.82) is 0 Å². The normalized spacial score (nSPS) is 30.5. The minimum absolute atomic E-state index is 0.301. The van der Waals surface area contributed by atoms with E-state index in [1.165, 1.54) is 0 Å². The molecule has 0 aliphatic carbocycles. The summed E-state index contributed by atoms with van der Waals surface area (Å²) in [5.74, 6) is 2.91. The van der Waals surface area contributed by atoms with Gasteiger partial charge in [0, 0.05) is 5.75 Å². The number of methoxy groups -OCH3 is 1. The van der Waals surface area contributed by atoms with Crippen molar-refractivity contribution in [3.63, 3.8) is 0 Å². The molecule has 1 aliphatic rings. The van der Waals surface area contributed by atoms with Crippen molar-refractivity contribution >= 4 is 11.8 Å². The highest BCUT2D eigenvalue weighted by Gasteiger charge is 2.40. The first-order chi connectivity index (χ1) is 7.16. The molecule has 0 amide bonds. The first-order valence-electron chi connectivity index (χ1n) is 5.11. The molecule has 2 atom stereocenters. The summed E-state index contributed by atoms with van der Waals surface area (Å²) in [5, 5.41) is 10.6. The van der Waals surface area contributed by atoms with Gasteiger partial charge in [0.25, 0.3) is 0 Å². The van der Waals surface area contributed by atoms with Crippen LogP contribution in [0.25, 0.3) is 0 Å². The molecule has 1 aromatic carbocycles. The summed E-state index contributed by atoms with van der Waals surface area (Å²) >= 11 is 1.81. The van der Waals surface area contributed by atoms with Gasteiger partial charge in [-0.1, -0.05) is 19.1 Å². The SMILES string of the molecule is COc1cccc([C@]2(O)CSC[C@H]2C)c1. The minimum atomic E-state index is -0.681. The lowest BCUT2D eigenvalue weighted by molar-refractivity contribution is 0.0233. The number of rotatable bonds is 2. The standard InChI is InChI=1S/C12H16O2S/c1-9-7-15-8-12(9,13)10-4-3-5-11(6-10)14-2/h3-6,9,13H,7-8H2,1-2H3/t9-,12+/m1/s1. The fraction of sp³-hybridized carbons (Fsp3) is 0.500. The molecule has 0 unspecified atom stereocenters. The largest absolute Gasteiger partial charge is 0.497 e. The van der Waals surface area contributed by atoms with E-state index in [2.05, 4.69) is 6.92 Å². The smallest absolute Gasteiger partial charge is 0.119 e. The zero-order valence-electron chi connectivity index (χ0n) is 9.06. The van der Waals surface area contributed by atoms with Gasteiger partial charge >= 0.3 is 0 Å². The van der Waals surface area contributed by atoms with Crippen LogP contribution < -0.4 is 4.74 Å². The Morgan fingerprint density at radius 1 is 1.53 bits per heavy atom. The Balaban J connectivity index is 2.35. The van der Waals surface area contributed by atoms with Crippen molar-refractivity contribution in [3.05, 3.63) is 29.8 Å². The van der Waals surface area contributed by atoms with Crippen molar-refractivity contribution in [1.82, 2.24) is 0 Å². The third-order valence-corrected chi connectivity index (χ3v) is 4.45. The molecule has 1 heterocycles. The Morgan fingerprint density at radius 3 is 2.93 bits per heavy atom. The minimum Gasteiger partial charge on any atom is -0.497 e. The van der Waals surface area contributed by atoms with E-state index in [0.717, 1.165) is 22.8 Å². The van der Waals surface area contributed by atoms with E-state index in [1.54, 1.807) is 18.9 Å². The first kappa shape index (κ1) is 10.8. The third kappa shape index (κ3) is 1.86. The fourth-order valence-corrected chi connectivity index (χ4v) is 3.44. The van der Waals surface area contributed by atoms with E-state index < -0.39 is 5.60 Å².